The molecule has 6 nitrogen and oxygen atoms in total. The van der Waals surface area contributed by atoms with E-state index in [4.69, 9.17) is 9.72 Å². The summed E-state index contributed by atoms with van der Waals surface area (Å²) in [5.74, 6) is 1.03. The lowest BCUT2D eigenvalue weighted by Crippen LogP contribution is -2.28. The van der Waals surface area contributed by atoms with E-state index in [1.54, 1.807) is 10.6 Å². The lowest BCUT2D eigenvalue weighted by molar-refractivity contribution is 0.220. The van der Waals surface area contributed by atoms with Crippen LogP contribution >= 0.6 is 0 Å². The van der Waals surface area contributed by atoms with Crippen LogP contribution in [-0.4, -0.2) is 27.2 Å². The number of ether oxygens (including phenoxy) is 1. The lowest BCUT2D eigenvalue weighted by Gasteiger charge is -2.22. The predicted octanol–water partition coefficient (Wildman–Crippen LogP) is 3.95. The zero-order valence-electron chi connectivity index (χ0n) is 16.3. The zero-order chi connectivity index (χ0) is 19.8. The molecule has 0 radical (unpaired) electrons. The summed E-state index contributed by atoms with van der Waals surface area (Å²) in [6.07, 6.45) is 2.51. The van der Waals surface area contributed by atoms with Gasteiger partial charge in [-0.15, -0.1) is 0 Å². The van der Waals surface area contributed by atoms with Crippen molar-refractivity contribution >= 4 is 17.2 Å². The molecule has 0 unspecified atom stereocenters. The fraction of sp³-hybridized carbons (Fsp3) is 0.333. The SMILES string of the molecule is C=C1NC[C@H](C)Oc2ccc(F)cc2[C@@H](C)Nc2ccn3nc(CC)c1c3n2. The molecule has 0 amide bonds. The first kappa shape index (κ1) is 18.3. The molecule has 2 aromatic heterocycles. The number of hydrogen-bond donors (Lipinski definition) is 2. The summed E-state index contributed by atoms with van der Waals surface area (Å²) in [5, 5.41) is 11.3. The monoisotopic (exact) mass is 381 g/mol. The molecule has 28 heavy (non-hydrogen) atoms. The molecule has 0 saturated heterocycles. The number of nitrogens with one attached hydrogen (secondary N) is 2. The van der Waals surface area contributed by atoms with Gasteiger partial charge >= 0.3 is 0 Å². The summed E-state index contributed by atoms with van der Waals surface area (Å²) < 4.78 is 21.8. The summed E-state index contributed by atoms with van der Waals surface area (Å²) in [7, 11) is 0. The summed E-state index contributed by atoms with van der Waals surface area (Å²) in [6.45, 7) is 10.7. The van der Waals surface area contributed by atoms with Crippen LogP contribution in [0.3, 0.4) is 0 Å². The molecule has 2 N–H and O–H groups in total. The highest BCUT2D eigenvalue weighted by Gasteiger charge is 2.20. The molecule has 3 heterocycles. The number of rotatable bonds is 1. The second kappa shape index (κ2) is 7.14. The summed E-state index contributed by atoms with van der Waals surface area (Å²) in [4.78, 5) is 4.76. The number of aromatic nitrogens is 3. The molecule has 0 saturated carbocycles. The maximum absolute atomic E-state index is 13.9. The topological polar surface area (TPSA) is 63.5 Å². The molecule has 3 aromatic rings. The van der Waals surface area contributed by atoms with Crippen LogP contribution in [0.25, 0.3) is 11.3 Å². The maximum Gasteiger partial charge on any atom is 0.166 e. The van der Waals surface area contributed by atoms with Crippen LogP contribution in [0, 0.1) is 5.82 Å². The van der Waals surface area contributed by atoms with Gasteiger partial charge in [0.15, 0.2) is 5.65 Å². The number of nitrogens with zero attached hydrogens (tertiary/aromatic N) is 3. The molecular formula is C21H24FN5O. The van der Waals surface area contributed by atoms with Crippen molar-refractivity contribution in [3.63, 3.8) is 0 Å². The van der Waals surface area contributed by atoms with E-state index in [1.165, 1.54) is 12.1 Å². The Bertz CT molecular complexity index is 1040. The van der Waals surface area contributed by atoms with Crippen LogP contribution in [0.2, 0.25) is 0 Å². The largest absolute Gasteiger partial charge is 0.489 e. The smallest absolute Gasteiger partial charge is 0.166 e. The number of benzene rings is 1. The van der Waals surface area contributed by atoms with Crippen LogP contribution in [0.4, 0.5) is 10.2 Å². The number of anilines is 1. The second-order valence-electron chi connectivity index (χ2n) is 7.09. The van der Waals surface area contributed by atoms with E-state index in [9.17, 15) is 4.39 Å². The van der Waals surface area contributed by atoms with E-state index in [0.29, 0.717) is 18.1 Å². The minimum Gasteiger partial charge on any atom is -0.489 e. The molecule has 7 heteroatoms. The Kier molecular flexibility index (Phi) is 4.66. The van der Waals surface area contributed by atoms with Crippen LogP contribution in [0.15, 0.2) is 37.0 Å². The Labute approximate surface area is 163 Å². The van der Waals surface area contributed by atoms with Crippen molar-refractivity contribution in [2.45, 2.75) is 39.3 Å². The van der Waals surface area contributed by atoms with Crippen molar-refractivity contribution in [2.24, 2.45) is 0 Å². The molecule has 1 aromatic carbocycles. The van der Waals surface area contributed by atoms with Crippen LogP contribution in [0.1, 0.15) is 43.6 Å². The number of aryl methyl sites for hydroxylation is 1. The Hall–Kier alpha value is -3.09. The van der Waals surface area contributed by atoms with Gasteiger partial charge in [-0.25, -0.2) is 13.9 Å². The highest BCUT2D eigenvalue weighted by atomic mass is 19.1. The summed E-state index contributed by atoms with van der Waals surface area (Å²) in [5.41, 5.74) is 4.09. The van der Waals surface area contributed by atoms with Crippen LogP contribution in [-0.2, 0) is 6.42 Å². The van der Waals surface area contributed by atoms with Gasteiger partial charge in [0, 0.05) is 17.5 Å². The molecule has 146 valence electrons. The van der Waals surface area contributed by atoms with Gasteiger partial charge in [-0.3, -0.25) is 0 Å². The molecule has 1 aliphatic rings. The van der Waals surface area contributed by atoms with Gasteiger partial charge in [-0.05, 0) is 44.5 Å². The third kappa shape index (κ3) is 3.28. The van der Waals surface area contributed by atoms with Gasteiger partial charge in [0.25, 0.3) is 0 Å². The fourth-order valence-corrected chi connectivity index (χ4v) is 3.49. The molecule has 0 aliphatic carbocycles. The van der Waals surface area contributed by atoms with E-state index in [-0.39, 0.29) is 18.0 Å². The van der Waals surface area contributed by atoms with Crippen molar-refractivity contribution in [2.75, 3.05) is 11.9 Å². The Balaban J connectivity index is 1.85. The fourth-order valence-electron chi connectivity index (χ4n) is 3.49. The van der Waals surface area contributed by atoms with Crippen molar-refractivity contribution < 1.29 is 9.13 Å². The van der Waals surface area contributed by atoms with Crippen LogP contribution in [0.5, 0.6) is 5.75 Å². The van der Waals surface area contributed by atoms with Gasteiger partial charge in [0.2, 0.25) is 0 Å². The molecule has 0 fully saturated rings. The number of halogens is 1. The first-order valence-electron chi connectivity index (χ1n) is 9.50. The van der Waals surface area contributed by atoms with Gasteiger partial charge in [-0.2, -0.15) is 5.10 Å². The zero-order valence-corrected chi connectivity index (χ0v) is 16.3. The van der Waals surface area contributed by atoms with Crippen molar-refractivity contribution in [3.8, 4) is 5.75 Å². The third-order valence-corrected chi connectivity index (χ3v) is 4.93. The molecule has 1 aliphatic heterocycles. The maximum atomic E-state index is 13.9. The second-order valence-corrected chi connectivity index (χ2v) is 7.09. The van der Waals surface area contributed by atoms with E-state index in [2.05, 4.69) is 29.2 Å². The van der Waals surface area contributed by atoms with Crippen molar-refractivity contribution in [1.82, 2.24) is 19.9 Å². The first-order valence-corrected chi connectivity index (χ1v) is 9.50. The Morgan fingerprint density at radius 1 is 1.32 bits per heavy atom. The van der Waals surface area contributed by atoms with Crippen LogP contribution < -0.4 is 15.4 Å². The lowest BCUT2D eigenvalue weighted by atomic mass is 10.1. The quantitative estimate of drug-likeness (QED) is 0.668. The predicted molar refractivity (Wildman–Crippen MR) is 108 cm³/mol. The normalized spacial score (nSPS) is 19.6. The average Bonchev–Trinajstić information content (AvgIpc) is 3.04. The van der Waals surface area contributed by atoms with E-state index >= 15 is 0 Å². The van der Waals surface area contributed by atoms with E-state index < -0.39 is 0 Å². The average molecular weight is 381 g/mol. The minimum atomic E-state index is -0.298. The molecular weight excluding hydrogens is 357 g/mol. The highest BCUT2D eigenvalue weighted by molar-refractivity contribution is 5.76. The summed E-state index contributed by atoms with van der Waals surface area (Å²) >= 11 is 0. The number of hydrogen-bond acceptors (Lipinski definition) is 5. The molecule has 4 rings (SSSR count). The van der Waals surface area contributed by atoms with Gasteiger partial charge in [-0.1, -0.05) is 13.5 Å². The standard InChI is InChI=1S/C21H24FN5O/c1-5-17-20-14(4)23-11-12(2)28-18-7-6-15(22)10-16(18)13(3)24-19-8-9-27(26-17)21(20)25-19/h6-10,12-13,23H,4-5,11H2,1-3H3,(H,24,25)/t12-,13+/m0/s1. The van der Waals surface area contributed by atoms with Crippen molar-refractivity contribution in [1.29, 1.82) is 0 Å². The Morgan fingerprint density at radius 2 is 2.14 bits per heavy atom. The van der Waals surface area contributed by atoms with Gasteiger partial charge in [0.05, 0.1) is 23.8 Å². The summed E-state index contributed by atoms with van der Waals surface area (Å²) in [6, 6.07) is 6.26. The highest BCUT2D eigenvalue weighted by Crippen LogP contribution is 2.30. The number of fused-ring (bicyclic) bond motifs is 2. The molecule has 2 bridgehead atoms. The van der Waals surface area contributed by atoms with Gasteiger partial charge in [0.1, 0.15) is 23.5 Å². The molecule has 2 atom stereocenters. The minimum absolute atomic E-state index is 0.138. The van der Waals surface area contributed by atoms with Crippen molar-refractivity contribution in [3.05, 3.63) is 59.7 Å². The molecule has 0 spiro atoms. The van der Waals surface area contributed by atoms with Gasteiger partial charge < -0.3 is 15.4 Å². The third-order valence-electron chi connectivity index (χ3n) is 4.93. The Morgan fingerprint density at radius 3 is 2.93 bits per heavy atom. The van der Waals surface area contributed by atoms with E-state index in [1.807, 2.05) is 26.1 Å². The first-order chi connectivity index (χ1) is 13.5. The van der Waals surface area contributed by atoms with E-state index in [0.717, 1.165) is 34.6 Å².